The van der Waals surface area contributed by atoms with E-state index < -0.39 is 0 Å². The normalized spacial score (nSPS) is 17.0. The highest BCUT2D eigenvalue weighted by atomic mass is 16.1. The Balaban J connectivity index is 1.62. The second kappa shape index (κ2) is 8.25. The van der Waals surface area contributed by atoms with Crippen molar-refractivity contribution in [1.82, 2.24) is 25.4 Å². The minimum atomic E-state index is -0.230. The second-order valence-electron chi connectivity index (χ2n) is 6.86. The highest BCUT2D eigenvalue weighted by molar-refractivity contribution is 5.94. The number of likely N-dealkylation sites (tertiary alicyclic amines) is 1. The van der Waals surface area contributed by atoms with Gasteiger partial charge in [0.15, 0.2) is 5.82 Å². The van der Waals surface area contributed by atoms with Gasteiger partial charge in [0, 0.05) is 12.1 Å². The largest absolute Gasteiger partial charge is 0.342 e. The minimum Gasteiger partial charge on any atom is -0.342 e. The first-order valence-corrected chi connectivity index (χ1v) is 9.13. The summed E-state index contributed by atoms with van der Waals surface area (Å²) >= 11 is 0. The molecule has 0 bridgehead atoms. The molecule has 1 aromatic heterocycles. The third-order valence-electron chi connectivity index (χ3n) is 4.64. The van der Waals surface area contributed by atoms with E-state index in [2.05, 4.69) is 31.5 Å². The molecule has 25 heavy (non-hydrogen) atoms. The Morgan fingerprint density at radius 1 is 1.28 bits per heavy atom. The first-order valence-electron chi connectivity index (χ1n) is 9.13. The molecule has 1 saturated heterocycles. The fraction of sp³-hybridized carbons (Fsp3) is 0.526. The number of amides is 1. The van der Waals surface area contributed by atoms with E-state index in [9.17, 15) is 4.79 Å². The van der Waals surface area contributed by atoms with Gasteiger partial charge in [-0.1, -0.05) is 25.0 Å². The van der Waals surface area contributed by atoms with Crippen molar-refractivity contribution < 1.29 is 4.79 Å². The van der Waals surface area contributed by atoms with Gasteiger partial charge >= 0.3 is 0 Å². The maximum Gasteiger partial charge on any atom is 0.251 e. The van der Waals surface area contributed by atoms with Crippen LogP contribution >= 0.6 is 0 Å². The quantitative estimate of drug-likeness (QED) is 0.877. The van der Waals surface area contributed by atoms with Gasteiger partial charge in [0.25, 0.3) is 5.91 Å². The molecular formula is C19H27N5O. The molecule has 0 radical (unpaired) electrons. The molecule has 2 N–H and O–H groups in total. The predicted octanol–water partition coefficient (Wildman–Crippen LogP) is 2.98. The fourth-order valence-electron chi connectivity index (χ4n) is 3.26. The zero-order valence-corrected chi connectivity index (χ0v) is 15.1. The summed E-state index contributed by atoms with van der Waals surface area (Å²) in [6.07, 6.45) is 5.20. The number of hydrogen-bond acceptors (Lipinski definition) is 4. The number of carbonyl (C=O) groups is 1. The summed E-state index contributed by atoms with van der Waals surface area (Å²) in [7, 11) is 0. The molecule has 1 atom stereocenters. The van der Waals surface area contributed by atoms with Crippen LogP contribution in [0.5, 0.6) is 0 Å². The van der Waals surface area contributed by atoms with E-state index in [1.807, 2.05) is 32.0 Å². The number of carbonyl (C=O) groups excluding carboxylic acids is 1. The van der Waals surface area contributed by atoms with Gasteiger partial charge in [-0.3, -0.25) is 14.8 Å². The minimum absolute atomic E-state index is 0.0901. The van der Waals surface area contributed by atoms with Crippen LogP contribution in [0.2, 0.25) is 0 Å². The zero-order chi connectivity index (χ0) is 17.6. The van der Waals surface area contributed by atoms with Gasteiger partial charge in [-0.25, -0.2) is 4.98 Å². The van der Waals surface area contributed by atoms with E-state index >= 15 is 0 Å². The van der Waals surface area contributed by atoms with Crippen molar-refractivity contribution in [2.24, 2.45) is 0 Å². The topological polar surface area (TPSA) is 73.9 Å². The molecule has 1 aromatic carbocycles. The van der Waals surface area contributed by atoms with Crippen molar-refractivity contribution in [2.75, 3.05) is 13.1 Å². The molecular weight excluding hydrogens is 314 g/mol. The zero-order valence-electron chi connectivity index (χ0n) is 15.1. The summed E-state index contributed by atoms with van der Waals surface area (Å²) in [5.41, 5.74) is 1.88. The Labute approximate surface area is 149 Å². The number of rotatable bonds is 5. The number of aromatic nitrogens is 3. The molecule has 1 fully saturated rings. The summed E-state index contributed by atoms with van der Waals surface area (Å²) in [6.45, 7) is 6.95. The van der Waals surface area contributed by atoms with E-state index in [0.29, 0.717) is 11.4 Å². The van der Waals surface area contributed by atoms with Crippen molar-refractivity contribution in [1.29, 1.82) is 0 Å². The van der Waals surface area contributed by atoms with Crippen molar-refractivity contribution in [3.05, 3.63) is 47.0 Å². The smallest absolute Gasteiger partial charge is 0.251 e. The van der Waals surface area contributed by atoms with Crippen LogP contribution in [0.4, 0.5) is 0 Å². The lowest BCUT2D eigenvalue weighted by Crippen LogP contribution is -2.28. The average molecular weight is 341 g/mol. The van der Waals surface area contributed by atoms with Crippen molar-refractivity contribution in [3.63, 3.8) is 0 Å². The lowest BCUT2D eigenvalue weighted by Gasteiger charge is -2.20. The van der Waals surface area contributed by atoms with E-state index in [1.165, 1.54) is 31.2 Å². The van der Waals surface area contributed by atoms with E-state index in [0.717, 1.165) is 25.5 Å². The molecule has 6 nitrogen and oxygen atoms in total. The van der Waals surface area contributed by atoms with Crippen molar-refractivity contribution in [3.8, 4) is 0 Å². The SMILES string of the molecule is Cc1nc(C(C)NC(=O)c2cccc(CN3CCCCCC3)c2)n[nH]1. The summed E-state index contributed by atoms with van der Waals surface area (Å²) in [6, 6.07) is 7.69. The molecule has 3 rings (SSSR count). The molecule has 1 aliphatic heterocycles. The molecule has 1 unspecified atom stereocenters. The van der Waals surface area contributed by atoms with Crippen LogP contribution in [-0.2, 0) is 6.54 Å². The third kappa shape index (κ3) is 4.89. The molecule has 1 amide bonds. The average Bonchev–Trinajstić information content (AvgIpc) is 2.88. The summed E-state index contributed by atoms with van der Waals surface area (Å²) in [5.74, 6) is 1.26. The van der Waals surface area contributed by atoms with Crippen molar-refractivity contribution >= 4 is 5.91 Å². The number of nitrogens with zero attached hydrogens (tertiary/aromatic N) is 3. The Bertz CT molecular complexity index is 703. The van der Waals surface area contributed by atoms with E-state index in [1.54, 1.807) is 0 Å². The molecule has 0 saturated carbocycles. The van der Waals surface area contributed by atoms with Crippen LogP contribution in [0, 0.1) is 6.92 Å². The molecule has 2 heterocycles. The Morgan fingerprint density at radius 2 is 2.04 bits per heavy atom. The van der Waals surface area contributed by atoms with Crippen molar-refractivity contribution in [2.45, 2.75) is 52.1 Å². The molecule has 1 aliphatic rings. The second-order valence-corrected chi connectivity index (χ2v) is 6.86. The number of benzene rings is 1. The van der Waals surface area contributed by atoms with Gasteiger partial charge in [-0.15, -0.1) is 0 Å². The standard InChI is InChI=1S/C19H27N5O/c1-14(18-21-15(2)22-23-18)20-19(25)17-9-7-8-16(12-17)13-24-10-5-3-4-6-11-24/h7-9,12,14H,3-6,10-11,13H2,1-2H3,(H,20,25)(H,21,22,23). The van der Waals surface area contributed by atoms with Crippen LogP contribution in [0.3, 0.4) is 0 Å². The molecule has 0 spiro atoms. The van der Waals surface area contributed by atoms with E-state index in [4.69, 9.17) is 0 Å². The Hall–Kier alpha value is -2.21. The van der Waals surface area contributed by atoms with E-state index in [-0.39, 0.29) is 11.9 Å². The van der Waals surface area contributed by atoms with Crippen LogP contribution in [0.15, 0.2) is 24.3 Å². The van der Waals surface area contributed by atoms with Gasteiger partial charge in [0.2, 0.25) is 0 Å². The van der Waals surface area contributed by atoms with Gasteiger partial charge in [-0.2, -0.15) is 5.10 Å². The molecule has 2 aromatic rings. The summed E-state index contributed by atoms with van der Waals surface area (Å²) < 4.78 is 0. The first-order chi connectivity index (χ1) is 12.1. The maximum atomic E-state index is 12.5. The monoisotopic (exact) mass is 341 g/mol. The maximum absolute atomic E-state index is 12.5. The molecule has 134 valence electrons. The van der Waals surface area contributed by atoms with Crippen LogP contribution in [0.25, 0.3) is 0 Å². The predicted molar refractivity (Wildman–Crippen MR) is 97.2 cm³/mol. The van der Waals surface area contributed by atoms with Crippen LogP contribution < -0.4 is 5.32 Å². The van der Waals surface area contributed by atoms with Crippen LogP contribution in [0.1, 0.15) is 66.2 Å². The summed E-state index contributed by atoms with van der Waals surface area (Å²) in [5, 5.41) is 9.88. The van der Waals surface area contributed by atoms with Gasteiger partial charge in [-0.05, 0) is 57.5 Å². The Kier molecular flexibility index (Phi) is 5.81. The number of aryl methyl sites for hydroxylation is 1. The highest BCUT2D eigenvalue weighted by Gasteiger charge is 2.16. The van der Waals surface area contributed by atoms with Gasteiger partial charge < -0.3 is 5.32 Å². The third-order valence-corrected chi connectivity index (χ3v) is 4.64. The van der Waals surface area contributed by atoms with Gasteiger partial charge in [0.1, 0.15) is 5.82 Å². The molecule has 6 heteroatoms. The van der Waals surface area contributed by atoms with Crippen LogP contribution in [-0.4, -0.2) is 39.1 Å². The Morgan fingerprint density at radius 3 is 2.72 bits per heavy atom. The summed E-state index contributed by atoms with van der Waals surface area (Å²) in [4.78, 5) is 19.3. The number of H-pyrrole nitrogens is 1. The number of aromatic amines is 1. The lowest BCUT2D eigenvalue weighted by atomic mass is 10.1. The number of hydrogen-bond donors (Lipinski definition) is 2. The lowest BCUT2D eigenvalue weighted by molar-refractivity contribution is 0.0938. The molecule has 0 aliphatic carbocycles. The van der Waals surface area contributed by atoms with Gasteiger partial charge in [0.05, 0.1) is 6.04 Å². The number of nitrogens with one attached hydrogen (secondary N) is 2. The fourth-order valence-corrected chi connectivity index (χ4v) is 3.26. The highest BCUT2D eigenvalue weighted by Crippen LogP contribution is 2.15. The first kappa shape index (κ1) is 17.6.